The molecule has 6 nitrogen and oxygen atoms in total. The van der Waals surface area contributed by atoms with Crippen molar-refractivity contribution in [3.8, 4) is 0 Å². The van der Waals surface area contributed by atoms with Gasteiger partial charge in [-0.1, -0.05) is 0 Å². The number of amides is 1. The molecule has 2 rings (SSSR count). The number of furan rings is 1. The number of rotatable bonds is 5. The second-order valence-electron chi connectivity index (χ2n) is 4.39. The zero-order chi connectivity index (χ0) is 15.4. The molecule has 1 unspecified atom stereocenters. The number of aryl methyl sites for hydroxylation is 1. The molecule has 0 bridgehead atoms. The summed E-state index contributed by atoms with van der Waals surface area (Å²) in [5.41, 5.74) is -0.0160. The Morgan fingerprint density at radius 2 is 2.24 bits per heavy atom. The van der Waals surface area contributed by atoms with Gasteiger partial charge in [0.05, 0.1) is 6.04 Å². The van der Waals surface area contributed by atoms with Gasteiger partial charge in [0.2, 0.25) is 5.91 Å². The average molecular weight is 306 g/mol. The third-order valence-electron chi connectivity index (χ3n) is 2.63. The number of carbonyl (C=O) groups is 2. The van der Waals surface area contributed by atoms with Gasteiger partial charge in [0, 0.05) is 11.5 Å². The van der Waals surface area contributed by atoms with E-state index in [0.29, 0.717) is 10.8 Å². The van der Waals surface area contributed by atoms with Crippen LogP contribution in [0.2, 0.25) is 0 Å². The van der Waals surface area contributed by atoms with Crippen molar-refractivity contribution in [2.75, 3.05) is 0 Å². The van der Waals surface area contributed by atoms with Crippen molar-refractivity contribution in [3.63, 3.8) is 0 Å². The van der Waals surface area contributed by atoms with E-state index in [1.54, 1.807) is 19.1 Å². The van der Waals surface area contributed by atoms with Gasteiger partial charge < -0.3 is 14.8 Å². The molecule has 0 aliphatic rings. The van der Waals surface area contributed by atoms with Crippen LogP contribution in [0.15, 0.2) is 28.0 Å². The quantitative estimate of drug-likeness (QED) is 0.828. The van der Waals surface area contributed by atoms with E-state index < -0.39 is 5.97 Å². The highest BCUT2D eigenvalue weighted by Crippen LogP contribution is 2.18. The first-order valence-electron chi connectivity index (χ1n) is 6.19. The molecule has 0 aliphatic carbocycles. The van der Waals surface area contributed by atoms with Crippen molar-refractivity contribution < 1.29 is 19.1 Å². The normalized spacial score (nSPS) is 12.5. The summed E-state index contributed by atoms with van der Waals surface area (Å²) in [4.78, 5) is 26.5. The number of aromatic nitrogens is 1. The molecular formula is C14H14N2O4S. The lowest BCUT2D eigenvalue weighted by molar-refractivity contribution is -0.117. The lowest BCUT2D eigenvalue weighted by Crippen LogP contribution is -2.24. The largest absolute Gasteiger partial charge is 0.476 e. The van der Waals surface area contributed by atoms with Crippen LogP contribution in [-0.4, -0.2) is 22.0 Å². The lowest BCUT2D eigenvalue weighted by atomic mass is 10.3. The lowest BCUT2D eigenvalue weighted by Gasteiger charge is -2.08. The molecule has 21 heavy (non-hydrogen) atoms. The Hall–Kier alpha value is -2.41. The van der Waals surface area contributed by atoms with Gasteiger partial charge in [-0.15, -0.1) is 11.3 Å². The summed E-state index contributed by atoms with van der Waals surface area (Å²) in [7, 11) is 0. The number of aromatic carboxylic acids is 1. The summed E-state index contributed by atoms with van der Waals surface area (Å²) in [5.74, 6) is -0.0159. The molecule has 2 N–H and O–H groups in total. The van der Waals surface area contributed by atoms with Gasteiger partial charge in [0.15, 0.2) is 5.69 Å². The fourth-order valence-corrected chi connectivity index (χ4v) is 2.41. The van der Waals surface area contributed by atoms with Crippen LogP contribution in [0.1, 0.15) is 40.0 Å². The number of thiazole rings is 1. The molecule has 0 spiro atoms. The average Bonchev–Trinajstić information content (AvgIpc) is 3.05. The maximum Gasteiger partial charge on any atom is 0.355 e. The molecule has 0 saturated carbocycles. The molecular weight excluding hydrogens is 292 g/mol. The van der Waals surface area contributed by atoms with Crippen molar-refractivity contribution in [1.29, 1.82) is 0 Å². The zero-order valence-electron chi connectivity index (χ0n) is 11.5. The Labute approximate surface area is 125 Å². The summed E-state index contributed by atoms with van der Waals surface area (Å²) in [5, 5.41) is 13.5. The van der Waals surface area contributed by atoms with Crippen molar-refractivity contribution in [2.24, 2.45) is 0 Å². The van der Waals surface area contributed by atoms with E-state index in [0.717, 1.165) is 5.76 Å². The van der Waals surface area contributed by atoms with Gasteiger partial charge in [0.1, 0.15) is 16.5 Å². The van der Waals surface area contributed by atoms with E-state index in [4.69, 9.17) is 9.52 Å². The van der Waals surface area contributed by atoms with Crippen LogP contribution >= 0.6 is 11.3 Å². The Kier molecular flexibility index (Phi) is 4.54. The van der Waals surface area contributed by atoms with Gasteiger partial charge in [-0.25, -0.2) is 9.78 Å². The van der Waals surface area contributed by atoms with Crippen LogP contribution < -0.4 is 5.32 Å². The van der Waals surface area contributed by atoms with E-state index in [9.17, 15) is 9.59 Å². The minimum Gasteiger partial charge on any atom is -0.476 e. The van der Waals surface area contributed by atoms with Gasteiger partial charge in [-0.05, 0) is 32.1 Å². The minimum absolute atomic E-state index is 0.0160. The number of hydrogen-bond donors (Lipinski definition) is 2. The SMILES string of the molecule is Cc1ccc(C=CC(=O)NC(C)c2nc(C(=O)O)cs2)o1. The third-order valence-corrected chi connectivity index (χ3v) is 3.66. The molecule has 1 amide bonds. The Morgan fingerprint density at radius 3 is 2.81 bits per heavy atom. The van der Waals surface area contributed by atoms with E-state index in [1.165, 1.54) is 22.8 Å². The van der Waals surface area contributed by atoms with Crippen molar-refractivity contribution in [3.05, 3.63) is 45.8 Å². The third kappa shape index (κ3) is 4.03. The van der Waals surface area contributed by atoms with Gasteiger partial charge in [-0.3, -0.25) is 4.79 Å². The van der Waals surface area contributed by atoms with Crippen LogP contribution in [0, 0.1) is 6.92 Å². The molecule has 2 aromatic rings. The first-order valence-corrected chi connectivity index (χ1v) is 7.07. The molecule has 0 radical (unpaired) electrons. The first-order chi connectivity index (χ1) is 9.95. The molecule has 0 fully saturated rings. The van der Waals surface area contributed by atoms with Crippen LogP contribution in [0.3, 0.4) is 0 Å². The van der Waals surface area contributed by atoms with Crippen LogP contribution in [0.4, 0.5) is 0 Å². The maximum absolute atomic E-state index is 11.8. The molecule has 0 aromatic carbocycles. The van der Waals surface area contributed by atoms with Crippen LogP contribution in [0.25, 0.3) is 6.08 Å². The molecule has 0 aliphatic heterocycles. The van der Waals surface area contributed by atoms with Crippen LogP contribution in [0.5, 0.6) is 0 Å². The molecule has 2 heterocycles. The second kappa shape index (κ2) is 6.36. The molecule has 0 saturated heterocycles. The predicted octanol–water partition coefficient (Wildman–Crippen LogP) is 2.63. The summed E-state index contributed by atoms with van der Waals surface area (Å²) < 4.78 is 5.31. The Morgan fingerprint density at radius 1 is 1.48 bits per heavy atom. The fraction of sp³-hybridized carbons (Fsp3) is 0.214. The number of nitrogens with zero attached hydrogens (tertiary/aromatic N) is 1. The van der Waals surface area contributed by atoms with Crippen LogP contribution in [-0.2, 0) is 4.79 Å². The summed E-state index contributed by atoms with van der Waals surface area (Å²) in [6.45, 7) is 3.56. The topological polar surface area (TPSA) is 92.4 Å². The monoisotopic (exact) mass is 306 g/mol. The fourth-order valence-electron chi connectivity index (χ4n) is 1.61. The molecule has 2 aromatic heterocycles. The smallest absolute Gasteiger partial charge is 0.355 e. The van der Waals surface area contributed by atoms with E-state index in [2.05, 4.69) is 10.3 Å². The van der Waals surface area contributed by atoms with E-state index >= 15 is 0 Å². The van der Waals surface area contributed by atoms with Gasteiger partial charge >= 0.3 is 5.97 Å². The molecule has 7 heteroatoms. The van der Waals surface area contributed by atoms with Crippen molar-refractivity contribution in [1.82, 2.24) is 10.3 Å². The summed E-state index contributed by atoms with van der Waals surface area (Å²) in [6, 6.07) is 3.21. The summed E-state index contributed by atoms with van der Waals surface area (Å²) in [6.07, 6.45) is 2.93. The number of nitrogens with one attached hydrogen (secondary N) is 1. The number of hydrogen-bond acceptors (Lipinski definition) is 5. The molecule has 1 atom stereocenters. The first kappa shape index (κ1) is 15.0. The van der Waals surface area contributed by atoms with E-state index in [-0.39, 0.29) is 17.6 Å². The number of carboxylic acids is 1. The zero-order valence-corrected chi connectivity index (χ0v) is 12.3. The molecule has 110 valence electrons. The second-order valence-corrected chi connectivity index (χ2v) is 5.28. The highest BCUT2D eigenvalue weighted by atomic mass is 32.1. The predicted molar refractivity (Wildman–Crippen MR) is 78.1 cm³/mol. The van der Waals surface area contributed by atoms with Crippen molar-refractivity contribution >= 4 is 29.3 Å². The number of carboxylic acid groups (broad SMARTS) is 1. The van der Waals surface area contributed by atoms with Gasteiger partial charge in [-0.2, -0.15) is 0 Å². The van der Waals surface area contributed by atoms with Crippen molar-refractivity contribution in [2.45, 2.75) is 19.9 Å². The highest BCUT2D eigenvalue weighted by molar-refractivity contribution is 7.09. The minimum atomic E-state index is -1.08. The van der Waals surface area contributed by atoms with Gasteiger partial charge in [0.25, 0.3) is 0 Å². The Balaban J connectivity index is 1.95. The van der Waals surface area contributed by atoms with E-state index in [1.807, 2.05) is 13.0 Å². The maximum atomic E-state index is 11.8. The highest BCUT2D eigenvalue weighted by Gasteiger charge is 2.14. The Bertz CT molecular complexity index is 687. The standard InChI is InChI=1S/C14H14N2O4S/c1-8-3-4-10(20-8)5-6-12(17)15-9(2)13-16-11(7-21-13)14(18)19/h3-7,9H,1-2H3,(H,15,17)(H,18,19). The number of carbonyl (C=O) groups excluding carboxylic acids is 1. The summed E-state index contributed by atoms with van der Waals surface area (Å²) >= 11 is 1.20.